The molecule has 1 aliphatic rings. The molecule has 0 bridgehead atoms. The van der Waals surface area contributed by atoms with Crippen molar-refractivity contribution in [2.45, 2.75) is 25.9 Å². The molecule has 0 aliphatic carbocycles. The van der Waals surface area contributed by atoms with E-state index in [4.69, 9.17) is 10.5 Å². The van der Waals surface area contributed by atoms with Gasteiger partial charge >= 0.3 is 0 Å². The first kappa shape index (κ1) is 11.0. The molecular formula is C12H16N2O2. The van der Waals surface area contributed by atoms with Gasteiger partial charge in [0.15, 0.2) is 0 Å². The molecule has 4 nitrogen and oxygen atoms in total. The van der Waals surface area contributed by atoms with Crippen LogP contribution in [0.2, 0.25) is 0 Å². The van der Waals surface area contributed by atoms with Crippen LogP contribution in [0.1, 0.15) is 18.4 Å². The standard InChI is InChI=1S/C12H16N2O2/c1-8-4-5-9(13)7-10(8)14-12(15)11-3-2-6-16-11/h4-5,7,11H,2-3,6,13H2,1H3,(H,14,15). The molecular weight excluding hydrogens is 204 g/mol. The Bertz CT molecular complexity index is 398. The molecule has 0 aromatic heterocycles. The number of carbonyl (C=O) groups excluding carboxylic acids is 1. The molecule has 0 spiro atoms. The number of hydrogen-bond acceptors (Lipinski definition) is 3. The molecule has 1 fully saturated rings. The Balaban J connectivity index is 2.07. The van der Waals surface area contributed by atoms with Gasteiger partial charge in [0, 0.05) is 18.0 Å². The van der Waals surface area contributed by atoms with Gasteiger partial charge in [-0.05, 0) is 37.5 Å². The summed E-state index contributed by atoms with van der Waals surface area (Å²) in [7, 11) is 0. The number of nitrogens with two attached hydrogens (primary N) is 1. The van der Waals surface area contributed by atoms with Gasteiger partial charge in [-0.25, -0.2) is 0 Å². The van der Waals surface area contributed by atoms with Gasteiger partial charge in [0.2, 0.25) is 0 Å². The third kappa shape index (κ3) is 2.33. The van der Waals surface area contributed by atoms with Crippen LogP contribution in [0.5, 0.6) is 0 Å². The summed E-state index contributed by atoms with van der Waals surface area (Å²) in [6.07, 6.45) is 1.45. The van der Waals surface area contributed by atoms with Crippen LogP contribution in [0, 0.1) is 6.92 Å². The first-order valence-electron chi connectivity index (χ1n) is 5.45. The number of nitrogens with one attached hydrogen (secondary N) is 1. The number of nitrogen functional groups attached to an aromatic ring is 1. The van der Waals surface area contributed by atoms with Crippen molar-refractivity contribution in [3.8, 4) is 0 Å². The quantitative estimate of drug-likeness (QED) is 0.745. The predicted octanol–water partition coefficient (Wildman–Crippen LogP) is 1.69. The van der Waals surface area contributed by atoms with E-state index in [-0.39, 0.29) is 12.0 Å². The van der Waals surface area contributed by atoms with Crippen molar-refractivity contribution < 1.29 is 9.53 Å². The second kappa shape index (κ2) is 4.53. The Morgan fingerprint density at radius 3 is 3.06 bits per heavy atom. The van der Waals surface area contributed by atoms with Crippen molar-refractivity contribution in [3.05, 3.63) is 23.8 Å². The highest BCUT2D eigenvalue weighted by Gasteiger charge is 2.23. The zero-order chi connectivity index (χ0) is 11.5. The van der Waals surface area contributed by atoms with Crippen molar-refractivity contribution in [2.24, 2.45) is 0 Å². The summed E-state index contributed by atoms with van der Waals surface area (Å²) < 4.78 is 5.31. The van der Waals surface area contributed by atoms with Gasteiger partial charge in [-0.2, -0.15) is 0 Å². The van der Waals surface area contributed by atoms with Gasteiger partial charge in [0.05, 0.1) is 0 Å². The number of aryl methyl sites for hydroxylation is 1. The summed E-state index contributed by atoms with van der Waals surface area (Å²) in [6.45, 7) is 2.61. The van der Waals surface area contributed by atoms with Gasteiger partial charge in [-0.1, -0.05) is 6.07 Å². The van der Waals surface area contributed by atoms with E-state index in [1.165, 1.54) is 0 Å². The van der Waals surface area contributed by atoms with E-state index in [9.17, 15) is 4.79 Å². The molecule has 2 rings (SSSR count). The van der Waals surface area contributed by atoms with Crippen molar-refractivity contribution in [1.82, 2.24) is 0 Å². The Kier molecular flexibility index (Phi) is 3.10. The van der Waals surface area contributed by atoms with Gasteiger partial charge in [-0.15, -0.1) is 0 Å². The normalized spacial score (nSPS) is 19.7. The minimum Gasteiger partial charge on any atom is -0.399 e. The Morgan fingerprint density at radius 1 is 1.56 bits per heavy atom. The van der Waals surface area contributed by atoms with Crippen molar-refractivity contribution in [1.29, 1.82) is 0 Å². The molecule has 1 aliphatic heterocycles. The summed E-state index contributed by atoms with van der Waals surface area (Å²) >= 11 is 0. The minimum atomic E-state index is -0.305. The zero-order valence-electron chi connectivity index (χ0n) is 9.32. The molecule has 1 aromatic rings. The molecule has 0 saturated carbocycles. The number of hydrogen-bond donors (Lipinski definition) is 2. The molecule has 86 valence electrons. The summed E-state index contributed by atoms with van der Waals surface area (Å²) in [5.74, 6) is -0.0776. The highest BCUT2D eigenvalue weighted by Crippen LogP contribution is 2.20. The fraction of sp³-hybridized carbons (Fsp3) is 0.417. The maximum atomic E-state index is 11.8. The van der Waals surface area contributed by atoms with Gasteiger partial charge in [-0.3, -0.25) is 4.79 Å². The van der Waals surface area contributed by atoms with Crippen LogP contribution in [0.15, 0.2) is 18.2 Å². The monoisotopic (exact) mass is 220 g/mol. The number of amides is 1. The second-order valence-electron chi connectivity index (χ2n) is 4.07. The third-order valence-electron chi connectivity index (χ3n) is 2.74. The summed E-state index contributed by atoms with van der Waals surface area (Å²) in [6, 6.07) is 5.47. The number of benzene rings is 1. The van der Waals surface area contributed by atoms with Crippen molar-refractivity contribution in [3.63, 3.8) is 0 Å². The number of ether oxygens (including phenoxy) is 1. The van der Waals surface area contributed by atoms with Crippen LogP contribution in [0.25, 0.3) is 0 Å². The lowest BCUT2D eigenvalue weighted by atomic mass is 10.1. The largest absolute Gasteiger partial charge is 0.399 e. The molecule has 1 aromatic carbocycles. The molecule has 3 N–H and O–H groups in total. The lowest BCUT2D eigenvalue weighted by Crippen LogP contribution is -2.27. The van der Waals surface area contributed by atoms with E-state index in [2.05, 4.69) is 5.32 Å². The van der Waals surface area contributed by atoms with Crippen molar-refractivity contribution >= 4 is 17.3 Å². The van der Waals surface area contributed by atoms with E-state index in [1.807, 2.05) is 19.1 Å². The molecule has 1 unspecified atom stereocenters. The SMILES string of the molecule is Cc1ccc(N)cc1NC(=O)C1CCCO1. The highest BCUT2D eigenvalue weighted by atomic mass is 16.5. The first-order valence-corrected chi connectivity index (χ1v) is 5.45. The van der Waals surface area contributed by atoms with Crippen LogP contribution < -0.4 is 11.1 Å². The molecule has 1 atom stereocenters. The molecule has 4 heteroatoms. The number of carbonyl (C=O) groups is 1. The van der Waals surface area contributed by atoms with Crippen LogP contribution >= 0.6 is 0 Å². The molecule has 1 amide bonds. The van der Waals surface area contributed by atoms with Gasteiger partial charge < -0.3 is 15.8 Å². The molecule has 16 heavy (non-hydrogen) atoms. The molecule has 1 saturated heterocycles. The fourth-order valence-corrected chi connectivity index (χ4v) is 1.77. The summed E-state index contributed by atoms with van der Waals surface area (Å²) in [5.41, 5.74) is 8.09. The van der Waals surface area contributed by atoms with E-state index in [0.717, 1.165) is 24.1 Å². The van der Waals surface area contributed by atoms with E-state index < -0.39 is 0 Å². The van der Waals surface area contributed by atoms with Crippen LogP contribution in [0.3, 0.4) is 0 Å². The van der Waals surface area contributed by atoms with Gasteiger partial charge in [0.25, 0.3) is 5.91 Å². The lowest BCUT2D eigenvalue weighted by Gasteiger charge is -2.12. The van der Waals surface area contributed by atoms with E-state index in [0.29, 0.717) is 12.3 Å². The van der Waals surface area contributed by atoms with Crippen LogP contribution in [0.4, 0.5) is 11.4 Å². The lowest BCUT2D eigenvalue weighted by molar-refractivity contribution is -0.124. The average molecular weight is 220 g/mol. The van der Waals surface area contributed by atoms with Crippen LogP contribution in [-0.4, -0.2) is 18.6 Å². The average Bonchev–Trinajstić information content (AvgIpc) is 2.76. The topological polar surface area (TPSA) is 64.3 Å². The number of rotatable bonds is 2. The smallest absolute Gasteiger partial charge is 0.253 e. The predicted molar refractivity (Wildman–Crippen MR) is 63.2 cm³/mol. The maximum Gasteiger partial charge on any atom is 0.253 e. The van der Waals surface area contributed by atoms with E-state index >= 15 is 0 Å². The highest BCUT2D eigenvalue weighted by molar-refractivity contribution is 5.95. The molecule has 0 radical (unpaired) electrons. The van der Waals surface area contributed by atoms with Gasteiger partial charge in [0.1, 0.15) is 6.10 Å². The summed E-state index contributed by atoms with van der Waals surface area (Å²) in [4.78, 5) is 11.8. The Morgan fingerprint density at radius 2 is 2.38 bits per heavy atom. The van der Waals surface area contributed by atoms with Crippen LogP contribution in [-0.2, 0) is 9.53 Å². The van der Waals surface area contributed by atoms with E-state index in [1.54, 1.807) is 6.07 Å². The first-order chi connectivity index (χ1) is 7.66. The minimum absolute atomic E-state index is 0.0776. The summed E-state index contributed by atoms with van der Waals surface area (Å²) in [5, 5.41) is 2.85. The van der Waals surface area contributed by atoms with Crippen molar-refractivity contribution in [2.75, 3.05) is 17.7 Å². The number of anilines is 2. The molecule has 1 heterocycles. The Hall–Kier alpha value is -1.55. The zero-order valence-corrected chi connectivity index (χ0v) is 9.32. The second-order valence-corrected chi connectivity index (χ2v) is 4.07. The fourth-order valence-electron chi connectivity index (χ4n) is 1.77. The third-order valence-corrected chi connectivity index (χ3v) is 2.74. The Labute approximate surface area is 94.8 Å². The maximum absolute atomic E-state index is 11.8.